The van der Waals surface area contributed by atoms with Crippen molar-refractivity contribution in [2.24, 2.45) is 0 Å². The number of ether oxygens (including phenoxy) is 2. The van der Waals surface area contributed by atoms with Gasteiger partial charge in [0.05, 0.1) is 19.0 Å². The lowest BCUT2D eigenvalue weighted by atomic mass is 10.1. The molecule has 24 heavy (non-hydrogen) atoms. The molecule has 1 saturated heterocycles. The van der Waals surface area contributed by atoms with Crippen LogP contribution < -0.4 is 9.64 Å². The summed E-state index contributed by atoms with van der Waals surface area (Å²) in [6, 6.07) is 11.7. The van der Waals surface area contributed by atoms with Crippen molar-refractivity contribution in [2.75, 3.05) is 25.1 Å². The van der Waals surface area contributed by atoms with Gasteiger partial charge in [-0.25, -0.2) is 9.78 Å². The lowest BCUT2D eigenvalue weighted by molar-refractivity contribution is 0.0588. The first-order chi connectivity index (χ1) is 11.8. The Balaban J connectivity index is 1.83. The van der Waals surface area contributed by atoms with E-state index in [1.807, 2.05) is 36.4 Å². The van der Waals surface area contributed by atoms with Gasteiger partial charge < -0.3 is 14.4 Å². The lowest BCUT2D eigenvalue weighted by Crippen LogP contribution is -2.29. The van der Waals surface area contributed by atoms with Gasteiger partial charge in [0.2, 0.25) is 0 Å². The highest BCUT2D eigenvalue weighted by atomic mass is 16.5. The monoisotopic (exact) mass is 326 g/mol. The number of rotatable bonds is 5. The number of methoxy groups -OCH3 is 1. The molecule has 0 saturated carbocycles. The van der Waals surface area contributed by atoms with Crippen LogP contribution >= 0.6 is 0 Å². The average molecular weight is 326 g/mol. The highest BCUT2D eigenvalue weighted by Gasteiger charge is 2.19. The number of hydrogen-bond donors (Lipinski definition) is 0. The Morgan fingerprint density at radius 2 is 1.92 bits per heavy atom. The second kappa shape index (κ2) is 7.81. The number of nitrogens with zero attached hydrogens (tertiary/aromatic N) is 2. The van der Waals surface area contributed by atoms with Crippen LogP contribution in [0.5, 0.6) is 5.75 Å². The molecule has 0 amide bonds. The molecule has 0 N–H and O–H groups in total. The summed E-state index contributed by atoms with van der Waals surface area (Å²) in [5.41, 5.74) is 2.25. The fraction of sp³-hybridized carbons (Fsp3) is 0.368. The Morgan fingerprint density at radius 3 is 2.62 bits per heavy atom. The third-order valence-corrected chi connectivity index (χ3v) is 4.18. The summed E-state index contributed by atoms with van der Waals surface area (Å²) >= 11 is 0. The highest BCUT2D eigenvalue weighted by molar-refractivity contribution is 5.90. The number of anilines is 1. The van der Waals surface area contributed by atoms with Gasteiger partial charge >= 0.3 is 5.97 Å². The second-order valence-corrected chi connectivity index (χ2v) is 5.85. The molecule has 1 aliphatic rings. The zero-order chi connectivity index (χ0) is 16.8. The Kier molecular flexibility index (Phi) is 5.31. The van der Waals surface area contributed by atoms with Crippen molar-refractivity contribution < 1.29 is 14.3 Å². The molecule has 0 aliphatic carbocycles. The number of carbonyl (C=O) groups excluding carboxylic acids is 1. The number of carbonyl (C=O) groups is 1. The number of benzene rings is 1. The van der Waals surface area contributed by atoms with E-state index in [4.69, 9.17) is 9.47 Å². The van der Waals surface area contributed by atoms with Gasteiger partial charge in [0, 0.05) is 19.2 Å². The Hall–Kier alpha value is -2.56. The maximum Gasteiger partial charge on any atom is 0.360 e. The lowest BCUT2D eigenvalue weighted by Gasteiger charge is -2.28. The molecule has 2 aromatic rings. The van der Waals surface area contributed by atoms with E-state index in [0.29, 0.717) is 12.4 Å². The third-order valence-electron chi connectivity index (χ3n) is 4.18. The van der Waals surface area contributed by atoms with Crippen LogP contribution in [0.1, 0.15) is 35.3 Å². The summed E-state index contributed by atoms with van der Waals surface area (Å²) in [4.78, 5) is 18.5. The van der Waals surface area contributed by atoms with Crippen molar-refractivity contribution in [3.8, 4) is 5.75 Å². The van der Waals surface area contributed by atoms with E-state index in [-0.39, 0.29) is 5.69 Å². The van der Waals surface area contributed by atoms with E-state index in [9.17, 15) is 4.79 Å². The van der Waals surface area contributed by atoms with Crippen LogP contribution in [0.2, 0.25) is 0 Å². The first-order valence-electron chi connectivity index (χ1n) is 8.28. The van der Waals surface area contributed by atoms with Crippen LogP contribution in [0.4, 0.5) is 5.69 Å². The van der Waals surface area contributed by atoms with E-state index in [1.54, 1.807) is 6.20 Å². The van der Waals surface area contributed by atoms with Gasteiger partial charge in [0.1, 0.15) is 6.61 Å². The summed E-state index contributed by atoms with van der Waals surface area (Å²) in [5, 5.41) is 0. The molecule has 1 fully saturated rings. The minimum absolute atomic E-state index is 0.217. The van der Waals surface area contributed by atoms with Crippen molar-refractivity contribution in [1.82, 2.24) is 4.98 Å². The fourth-order valence-corrected chi connectivity index (χ4v) is 2.85. The molecular formula is C19H22N2O3. The minimum atomic E-state index is -0.483. The quantitative estimate of drug-likeness (QED) is 0.788. The maximum absolute atomic E-state index is 12.0. The Bertz CT molecular complexity index is 682. The number of aromatic nitrogens is 1. The summed E-state index contributed by atoms with van der Waals surface area (Å²) in [5.74, 6) is -0.0166. The van der Waals surface area contributed by atoms with Gasteiger partial charge in [0.15, 0.2) is 11.4 Å². The fourth-order valence-electron chi connectivity index (χ4n) is 2.85. The molecular weight excluding hydrogens is 304 g/mol. The predicted molar refractivity (Wildman–Crippen MR) is 92.4 cm³/mol. The van der Waals surface area contributed by atoms with E-state index in [2.05, 4.69) is 9.88 Å². The van der Waals surface area contributed by atoms with E-state index in [0.717, 1.165) is 24.3 Å². The number of pyridine rings is 1. The smallest absolute Gasteiger partial charge is 0.360 e. The Labute approximate surface area is 142 Å². The van der Waals surface area contributed by atoms with Crippen LogP contribution in [0.15, 0.2) is 42.6 Å². The summed E-state index contributed by atoms with van der Waals surface area (Å²) in [6.45, 7) is 2.41. The van der Waals surface area contributed by atoms with E-state index >= 15 is 0 Å². The molecule has 3 rings (SSSR count). The molecule has 5 heteroatoms. The standard InChI is InChI=1S/C19H22N2O3/c1-23-19(22)18-17(24-14-15-8-4-2-5-9-15)12-16(13-20-18)21-10-6-3-7-11-21/h2,4-5,8-9,12-13H,3,6-7,10-11,14H2,1H3. The molecule has 0 atom stereocenters. The Morgan fingerprint density at radius 1 is 1.17 bits per heavy atom. The van der Waals surface area contributed by atoms with Crippen molar-refractivity contribution in [3.05, 3.63) is 53.9 Å². The summed E-state index contributed by atoms with van der Waals surface area (Å²) in [6.07, 6.45) is 5.35. The van der Waals surface area contributed by atoms with Gasteiger partial charge in [-0.05, 0) is 24.8 Å². The van der Waals surface area contributed by atoms with Crippen molar-refractivity contribution in [1.29, 1.82) is 0 Å². The average Bonchev–Trinajstić information content (AvgIpc) is 2.67. The van der Waals surface area contributed by atoms with E-state index < -0.39 is 5.97 Å². The highest BCUT2D eigenvalue weighted by Crippen LogP contribution is 2.27. The first kappa shape index (κ1) is 16.3. The van der Waals surface area contributed by atoms with E-state index in [1.165, 1.54) is 26.4 Å². The first-order valence-corrected chi connectivity index (χ1v) is 8.28. The van der Waals surface area contributed by atoms with Crippen LogP contribution in [0.3, 0.4) is 0 Å². The normalized spacial score (nSPS) is 14.3. The topological polar surface area (TPSA) is 51.7 Å². The third kappa shape index (κ3) is 3.85. The minimum Gasteiger partial charge on any atom is -0.486 e. The van der Waals surface area contributed by atoms with Gasteiger partial charge in [-0.3, -0.25) is 0 Å². The molecule has 0 bridgehead atoms. The molecule has 1 aromatic carbocycles. The largest absolute Gasteiger partial charge is 0.486 e. The second-order valence-electron chi connectivity index (χ2n) is 5.85. The van der Waals surface area contributed by atoms with Gasteiger partial charge in [-0.2, -0.15) is 0 Å². The maximum atomic E-state index is 12.0. The molecule has 1 aromatic heterocycles. The summed E-state index contributed by atoms with van der Waals surface area (Å²) in [7, 11) is 1.35. The zero-order valence-electron chi connectivity index (χ0n) is 13.9. The van der Waals surface area contributed by atoms with Crippen molar-refractivity contribution in [2.45, 2.75) is 25.9 Å². The molecule has 5 nitrogen and oxygen atoms in total. The van der Waals surface area contributed by atoms with Gasteiger partial charge in [-0.1, -0.05) is 30.3 Å². The molecule has 1 aliphatic heterocycles. The van der Waals surface area contributed by atoms with Crippen molar-refractivity contribution in [3.63, 3.8) is 0 Å². The predicted octanol–water partition coefficient (Wildman–Crippen LogP) is 3.44. The molecule has 126 valence electrons. The summed E-state index contributed by atoms with van der Waals surface area (Å²) < 4.78 is 10.7. The van der Waals surface area contributed by atoms with Gasteiger partial charge in [-0.15, -0.1) is 0 Å². The van der Waals surface area contributed by atoms with Crippen LogP contribution in [0.25, 0.3) is 0 Å². The van der Waals surface area contributed by atoms with Crippen molar-refractivity contribution >= 4 is 11.7 Å². The molecule has 0 radical (unpaired) electrons. The number of esters is 1. The van der Waals surface area contributed by atoms with Crippen LogP contribution in [0, 0.1) is 0 Å². The van der Waals surface area contributed by atoms with Crippen LogP contribution in [-0.4, -0.2) is 31.2 Å². The zero-order valence-corrected chi connectivity index (χ0v) is 13.9. The molecule has 2 heterocycles. The number of hydrogen-bond acceptors (Lipinski definition) is 5. The van der Waals surface area contributed by atoms with Gasteiger partial charge in [0.25, 0.3) is 0 Å². The molecule has 0 spiro atoms. The SMILES string of the molecule is COC(=O)c1ncc(N2CCCCC2)cc1OCc1ccccc1. The van der Waals surface area contributed by atoms with Crippen LogP contribution in [-0.2, 0) is 11.3 Å². The molecule has 0 unspecified atom stereocenters. The number of piperidine rings is 1.